The van der Waals surface area contributed by atoms with Crippen LogP contribution in [0.2, 0.25) is 25.7 Å². The molecule has 1 aliphatic carbocycles. The van der Waals surface area contributed by atoms with E-state index in [-0.39, 0.29) is 0 Å². The molecule has 2 aromatic heterocycles. The molecular formula is C15H22N4O2SSi. The maximum absolute atomic E-state index is 5.94. The summed E-state index contributed by atoms with van der Waals surface area (Å²) in [5.41, 5.74) is 0.678. The highest BCUT2D eigenvalue weighted by molar-refractivity contribution is 7.98. The summed E-state index contributed by atoms with van der Waals surface area (Å²) in [6.45, 7) is 7.62. The van der Waals surface area contributed by atoms with E-state index in [1.54, 1.807) is 6.20 Å². The molecule has 0 radical (unpaired) electrons. The smallest absolute Gasteiger partial charge is 0.254 e. The zero-order chi connectivity index (χ0) is 16.4. The average molecular weight is 351 g/mol. The van der Waals surface area contributed by atoms with Gasteiger partial charge in [-0.15, -0.1) is 10.2 Å². The van der Waals surface area contributed by atoms with Gasteiger partial charge in [0.05, 0.1) is 6.61 Å². The summed E-state index contributed by atoms with van der Waals surface area (Å²) in [4.78, 5) is 8.79. The number of ether oxygens (including phenoxy) is 1. The normalized spacial score (nSPS) is 15.0. The Balaban J connectivity index is 1.82. The van der Waals surface area contributed by atoms with Crippen LogP contribution in [-0.2, 0) is 0 Å². The van der Waals surface area contributed by atoms with Crippen LogP contribution < -0.4 is 4.74 Å². The van der Waals surface area contributed by atoms with E-state index in [1.165, 1.54) is 11.8 Å². The van der Waals surface area contributed by atoms with Crippen molar-refractivity contribution in [3.05, 3.63) is 12.1 Å². The van der Waals surface area contributed by atoms with Crippen LogP contribution in [0.5, 0.6) is 5.88 Å². The molecule has 0 N–H and O–H groups in total. The van der Waals surface area contributed by atoms with Crippen LogP contribution in [0.3, 0.4) is 0 Å². The third-order valence-corrected chi connectivity index (χ3v) is 5.87. The fourth-order valence-corrected chi connectivity index (χ4v) is 3.05. The zero-order valence-corrected chi connectivity index (χ0v) is 15.8. The molecule has 0 atom stereocenters. The molecule has 6 nitrogen and oxygen atoms in total. The maximum atomic E-state index is 5.94. The monoisotopic (exact) mass is 350 g/mol. The molecule has 0 saturated heterocycles. The lowest BCUT2D eigenvalue weighted by molar-refractivity contribution is 0.321. The first kappa shape index (κ1) is 16.4. The van der Waals surface area contributed by atoms with Gasteiger partial charge in [-0.2, -0.15) is 4.98 Å². The Morgan fingerprint density at radius 1 is 1.30 bits per heavy atom. The van der Waals surface area contributed by atoms with Crippen molar-refractivity contribution in [2.24, 2.45) is 0 Å². The molecule has 3 rings (SSSR count). The van der Waals surface area contributed by atoms with Crippen LogP contribution in [0.25, 0.3) is 11.5 Å². The van der Waals surface area contributed by atoms with Crippen molar-refractivity contribution < 1.29 is 9.15 Å². The van der Waals surface area contributed by atoms with Gasteiger partial charge < -0.3 is 9.15 Å². The number of aromatic nitrogens is 4. The molecule has 1 aliphatic rings. The highest BCUT2D eigenvalue weighted by Crippen LogP contribution is 2.40. The second-order valence-corrected chi connectivity index (χ2v) is 13.3. The molecule has 0 bridgehead atoms. The van der Waals surface area contributed by atoms with Gasteiger partial charge in [-0.05, 0) is 25.1 Å². The Kier molecular flexibility index (Phi) is 4.72. The van der Waals surface area contributed by atoms with Crippen molar-refractivity contribution in [3.63, 3.8) is 0 Å². The molecule has 8 heteroatoms. The molecule has 1 saturated carbocycles. The Morgan fingerprint density at radius 2 is 2.09 bits per heavy atom. The lowest BCUT2D eigenvalue weighted by Crippen LogP contribution is -2.22. The topological polar surface area (TPSA) is 73.9 Å². The summed E-state index contributed by atoms with van der Waals surface area (Å²) in [6, 6.07) is 1.07. The number of hydrogen-bond donors (Lipinski definition) is 0. The first-order valence-corrected chi connectivity index (χ1v) is 12.8. The van der Waals surface area contributed by atoms with Gasteiger partial charge >= 0.3 is 0 Å². The minimum atomic E-state index is -1.16. The molecule has 0 aromatic carbocycles. The van der Waals surface area contributed by atoms with Gasteiger partial charge in [0.15, 0.2) is 5.16 Å². The summed E-state index contributed by atoms with van der Waals surface area (Å²) in [5.74, 6) is 2.12. The standard InChI is InChI=1S/C15H22N4O2SSi/c1-22-15-16-9-11(13(17-15)20-7-8-23(2,3)4)14-19-18-12(21-14)10-5-6-10/h9-10H,5-8H2,1-4H3. The van der Waals surface area contributed by atoms with Crippen molar-refractivity contribution in [1.29, 1.82) is 0 Å². The molecule has 0 aliphatic heterocycles. The fourth-order valence-electron chi connectivity index (χ4n) is 2.00. The van der Waals surface area contributed by atoms with Gasteiger partial charge in [0.1, 0.15) is 5.56 Å². The Hall–Kier alpha value is -1.41. The molecule has 2 heterocycles. The van der Waals surface area contributed by atoms with E-state index in [9.17, 15) is 0 Å². The van der Waals surface area contributed by atoms with Crippen molar-refractivity contribution >= 4 is 19.8 Å². The molecule has 2 aromatic rings. The first-order valence-electron chi connectivity index (χ1n) is 7.84. The third-order valence-electron chi connectivity index (χ3n) is 3.60. The highest BCUT2D eigenvalue weighted by atomic mass is 32.2. The quantitative estimate of drug-likeness (QED) is 0.426. The Bertz CT molecular complexity index is 682. The van der Waals surface area contributed by atoms with Crippen molar-refractivity contribution in [1.82, 2.24) is 20.2 Å². The predicted octanol–water partition coefficient (Wildman–Crippen LogP) is 3.84. The molecule has 1 fully saturated rings. The number of rotatable bonds is 7. The predicted molar refractivity (Wildman–Crippen MR) is 92.7 cm³/mol. The van der Waals surface area contributed by atoms with Crippen molar-refractivity contribution in [2.75, 3.05) is 12.9 Å². The van der Waals surface area contributed by atoms with Gasteiger partial charge in [-0.3, -0.25) is 0 Å². The third kappa shape index (κ3) is 4.32. The second kappa shape index (κ2) is 6.60. The number of nitrogens with zero attached hydrogens (tertiary/aromatic N) is 4. The minimum absolute atomic E-state index is 0.430. The summed E-state index contributed by atoms with van der Waals surface area (Å²) < 4.78 is 11.7. The summed E-state index contributed by atoms with van der Waals surface area (Å²) in [5, 5.41) is 8.96. The molecule has 0 amide bonds. The van der Waals surface area contributed by atoms with Crippen molar-refractivity contribution in [2.45, 2.75) is 49.6 Å². The molecular weight excluding hydrogens is 328 g/mol. The average Bonchev–Trinajstić information content (AvgIpc) is 3.24. The van der Waals surface area contributed by atoms with Crippen LogP contribution >= 0.6 is 11.8 Å². The molecule has 124 valence electrons. The number of thioether (sulfide) groups is 1. The van der Waals surface area contributed by atoms with Crippen LogP contribution in [0.4, 0.5) is 0 Å². The van der Waals surface area contributed by atoms with E-state index < -0.39 is 8.07 Å². The Labute approximate surface area is 141 Å². The molecule has 0 unspecified atom stereocenters. The first-order chi connectivity index (χ1) is 11.0. The Morgan fingerprint density at radius 3 is 2.74 bits per heavy atom. The van der Waals surface area contributed by atoms with Crippen LogP contribution in [0.15, 0.2) is 15.8 Å². The van der Waals surface area contributed by atoms with E-state index in [0.717, 1.165) is 18.9 Å². The lowest BCUT2D eigenvalue weighted by atomic mass is 10.3. The summed E-state index contributed by atoms with van der Waals surface area (Å²) in [6.07, 6.45) is 5.91. The van der Waals surface area contributed by atoms with Crippen LogP contribution in [-0.4, -0.2) is 41.1 Å². The fraction of sp³-hybridized carbons (Fsp3) is 0.600. The van der Waals surface area contributed by atoms with Gasteiger partial charge in [-0.1, -0.05) is 31.4 Å². The van der Waals surface area contributed by atoms with E-state index in [1.807, 2.05) is 6.26 Å². The van der Waals surface area contributed by atoms with E-state index in [0.29, 0.717) is 40.9 Å². The molecule has 0 spiro atoms. The van der Waals surface area contributed by atoms with E-state index in [4.69, 9.17) is 9.15 Å². The van der Waals surface area contributed by atoms with Gasteiger partial charge in [0, 0.05) is 20.2 Å². The SMILES string of the molecule is CSc1ncc(-c2nnc(C3CC3)o2)c(OCC[Si](C)(C)C)n1. The number of hydrogen-bond acceptors (Lipinski definition) is 7. The van der Waals surface area contributed by atoms with Crippen LogP contribution in [0.1, 0.15) is 24.7 Å². The lowest BCUT2D eigenvalue weighted by Gasteiger charge is -2.16. The largest absolute Gasteiger partial charge is 0.477 e. The second-order valence-electron chi connectivity index (χ2n) is 6.95. The van der Waals surface area contributed by atoms with Gasteiger partial charge in [0.2, 0.25) is 11.8 Å². The van der Waals surface area contributed by atoms with Gasteiger partial charge in [0.25, 0.3) is 5.89 Å². The summed E-state index contributed by atoms with van der Waals surface area (Å²) >= 11 is 1.49. The van der Waals surface area contributed by atoms with E-state index >= 15 is 0 Å². The zero-order valence-electron chi connectivity index (χ0n) is 14.0. The van der Waals surface area contributed by atoms with Crippen LogP contribution in [0, 0.1) is 0 Å². The highest BCUT2D eigenvalue weighted by Gasteiger charge is 2.30. The minimum Gasteiger partial charge on any atom is -0.477 e. The van der Waals surface area contributed by atoms with E-state index in [2.05, 4.69) is 39.8 Å². The van der Waals surface area contributed by atoms with Crippen molar-refractivity contribution in [3.8, 4) is 17.3 Å². The summed E-state index contributed by atoms with van der Waals surface area (Å²) in [7, 11) is -1.16. The van der Waals surface area contributed by atoms with Gasteiger partial charge in [-0.25, -0.2) is 4.98 Å². The maximum Gasteiger partial charge on any atom is 0.254 e. The molecule has 23 heavy (non-hydrogen) atoms.